The molecule has 0 bridgehead atoms. The molecule has 0 aliphatic carbocycles. The van der Waals surface area contributed by atoms with Gasteiger partial charge in [0.15, 0.2) is 17.9 Å². The molecule has 52 nitrogen and oxygen atoms in total. The van der Waals surface area contributed by atoms with Gasteiger partial charge in [0.05, 0.1) is 32.2 Å². The molecule has 0 radical (unpaired) electrons. The zero-order chi connectivity index (χ0) is 109. The first-order valence-electron chi connectivity index (χ1n) is 47.6. The Hall–Kier alpha value is -14.2. The van der Waals surface area contributed by atoms with Crippen LogP contribution in [0.1, 0.15) is 127 Å². The number of aromatic nitrogens is 2. The molecule has 55 heteroatoms. The van der Waals surface area contributed by atoms with E-state index in [-0.39, 0.29) is 127 Å². The predicted octanol–water partition coefficient (Wildman–Crippen LogP) is -8.59. The number of nitrogens with zero attached hydrogens (tertiary/aromatic N) is 2. The first-order chi connectivity index (χ1) is 69.8. The van der Waals surface area contributed by atoms with Gasteiger partial charge in [-0.05, 0) is 123 Å². The molecule has 0 spiro atoms. The monoisotopic (exact) mass is 2120 g/mol. The number of carboxylic acid groups (broad SMARTS) is 1. The third kappa shape index (κ3) is 44.0. The highest BCUT2D eigenvalue weighted by atomic mass is 32.2. The van der Waals surface area contributed by atoms with Gasteiger partial charge in [0.25, 0.3) is 0 Å². The van der Waals surface area contributed by atoms with Crippen molar-refractivity contribution < 1.29 is 112 Å². The molecular formula is C92H141N29O23S3. The smallest absolute Gasteiger partial charge is 0.303 e. The summed E-state index contributed by atoms with van der Waals surface area (Å²) in [7, 11) is 0. The van der Waals surface area contributed by atoms with Crippen molar-refractivity contribution in [3.8, 4) is 5.75 Å². The molecule has 2 heterocycles. The maximum absolute atomic E-state index is 15.0. The van der Waals surface area contributed by atoms with Gasteiger partial charge in [0, 0.05) is 81.7 Å². The van der Waals surface area contributed by atoms with Crippen LogP contribution in [0.3, 0.4) is 0 Å². The first kappa shape index (κ1) is 123. The van der Waals surface area contributed by atoms with Crippen molar-refractivity contribution >= 4 is 161 Å². The summed E-state index contributed by atoms with van der Waals surface area (Å²) in [5.41, 5.74) is 29.6. The number of aliphatic carboxylic acids is 1. The van der Waals surface area contributed by atoms with Gasteiger partial charge in [-0.2, -0.15) is 37.0 Å². The Labute approximate surface area is 864 Å². The molecule has 810 valence electrons. The predicted molar refractivity (Wildman–Crippen MR) is 546 cm³/mol. The molecular weight excluding hydrogens is 1980 g/mol. The maximum Gasteiger partial charge on any atom is 0.303 e. The molecule has 1 aliphatic rings. The standard InChI is InChI=1S/C92H141N29O23S3/c1-48(2)36-61(111-78(133)59(30-35-147-5)109-88(143)72(49(3)4)120-85(140)67(44-124)115-74(129)55(93)20-12-31-102-90(95)96)79(134)117-66(43-123)84(139)114-64(39-52-24-26-54(125)27-25-52)80(135)106-57(22-14-33-104-92(99)100)76(131)119-69(46-146)89(144)121-34-15-23-70(121)87(142)118-68(45-145)86(141)107-56(21-13-32-103-91(97)98)75(130)112-63(38-51-18-10-7-11-19-51)82(137)113-62(37-50-16-8-6-9-17-50)81(136)108-58(28-29-71(126)127)77(132)116-65(42-122)83(138)110-60(73(94)128)40-53-41-101-47-105-53/h6-11,16-19,24-27,41,47-49,55-70,72,122-125,145-146H,12-15,20-23,28-40,42-46,93H2,1-5H3,(H2,94,128)(H,101,105)(H,106,135)(H,107,141)(H,108,136)(H,109,143)(H,110,138)(H,111,133)(H,112,130)(H,113,137)(H,114,139)(H,115,129)(H,116,132)(H,117,134)(H,118,142)(H,119,131)(H,120,140)(H,126,127)(H4,95,96,102)(H4,97,98,103)(H4,99,100,104)/t55-,56-,57-,58-,59-,60-,61-,62-,63-,64-,65-,66-,67-,68-,69-,70-,72-/m0/s1. The Morgan fingerprint density at radius 1 is 0.442 bits per heavy atom. The topological polar surface area (TPSA) is 859 Å². The Morgan fingerprint density at radius 2 is 0.810 bits per heavy atom. The number of nitrogens with one attached hydrogen (secondary N) is 22. The number of phenolic OH excluding ortho intramolecular Hbond substituents is 1. The lowest BCUT2D eigenvalue weighted by molar-refractivity contribution is -0.142. The second-order valence-corrected chi connectivity index (χ2v) is 37.2. The number of benzene rings is 3. The minimum absolute atomic E-state index is 0.00636. The number of amides is 17. The second kappa shape index (κ2) is 64.6. The zero-order valence-corrected chi connectivity index (χ0v) is 84.9. The number of aromatic amines is 1. The van der Waals surface area contributed by atoms with Gasteiger partial charge in [0.2, 0.25) is 100 Å². The average molecular weight is 2120 g/mol. The number of hydrogen-bond acceptors (Lipinski definition) is 30. The number of thioether (sulfide) groups is 1. The van der Waals surface area contributed by atoms with Gasteiger partial charge in [0.1, 0.15) is 102 Å². The molecule has 147 heavy (non-hydrogen) atoms. The lowest BCUT2D eigenvalue weighted by Crippen LogP contribution is -2.62. The number of aliphatic hydroxyl groups excluding tert-OH is 3. The van der Waals surface area contributed by atoms with Crippen LogP contribution in [-0.2, 0) is 112 Å². The Balaban J connectivity index is 1.36. The van der Waals surface area contributed by atoms with E-state index in [0.717, 1.165) is 4.90 Å². The fourth-order valence-electron chi connectivity index (χ4n) is 15.1. The van der Waals surface area contributed by atoms with Crippen LogP contribution in [0.5, 0.6) is 5.75 Å². The second-order valence-electron chi connectivity index (χ2n) is 35.5. The summed E-state index contributed by atoms with van der Waals surface area (Å²) in [5, 5.41) is 120. The van der Waals surface area contributed by atoms with Crippen molar-refractivity contribution in [1.29, 1.82) is 16.2 Å². The summed E-state index contributed by atoms with van der Waals surface area (Å²) >= 11 is 10.1. The highest BCUT2D eigenvalue weighted by molar-refractivity contribution is 7.98. The lowest BCUT2D eigenvalue weighted by Gasteiger charge is -2.30. The zero-order valence-electron chi connectivity index (χ0n) is 82.3. The lowest BCUT2D eigenvalue weighted by atomic mass is 10.0. The number of imidazole rings is 1. The maximum atomic E-state index is 15.0. The van der Waals surface area contributed by atoms with E-state index in [9.17, 15) is 107 Å². The molecule has 1 aliphatic heterocycles. The molecule has 17 atom stereocenters. The third-order valence-electron chi connectivity index (χ3n) is 23.1. The van der Waals surface area contributed by atoms with Crippen molar-refractivity contribution in [2.24, 2.45) is 40.5 Å². The number of carbonyl (C=O) groups excluding carboxylic acids is 17. The molecule has 0 unspecified atom stereocenters. The molecule has 37 N–H and O–H groups in total. The Kier molecular flexibility index (Phi) is 54.2. The highest BCUT2D eigenvalue weighted by Gasteiger charge is 2.43. The van der Waals surface area contributed by atoms with Gasteiger partial charge < -0.3 is 160 Å². The number of hydrogen-bond donors (Lipinski definition) is 34. The van der Waals surface area contributed by atoms with Crippen LogP contribution in [-0.4, -0.2) is 337 Å². The molecule has 1 aromatic heterocycles. The van der Waals surface area contributed by atoms with Crippen LogP contribution in [0.2, 0.25) is 0 Å². The number of carboxylic acids is 1. The molecule has 4 aromatic rings. The van der Waals surface area contributed by atoms with Crippen LogP contribution in [0.15, 0.2) is 97.5 Å². The fraction of sp³-hybridized carbons (Fsp3) is 0.543. The minimum atomic E-state index is -1.88. The summed E-state index contributed by atoms with van der Waals surface area (Å²) in [6, 6.07) is -4.81. The minimum Gasteiger partial charge on any atom is -0.508 e. The summed E-state index contributed by atoms with van der Waals surface area (Å²) in [6.07, 6.45) is 1.84. The van der Waals surface area contributed by atoms with Gasteiger partial charge in [-0.3, -0.25) is 103 Å². The number of aromatic hydroxyl groups is 1. The number of thiol groups is 2. The number of guanidine groups is 3. The summed E-state index contributed by atoms with van der Waals surface area (Å²) in [5.74, 6) is -21.4. The number of carbonyl (C=O) groups is 18. The van der Waals surface area contributed by atoms with Crippen molar-refractivity contribution in [1.82, 2.24) is 111 Å². The van der Waals surface area contributed by atoms with E-state index in [4.69, 9.17) is 44.9 Å². The molecule has 1 saturated heterocycles. The van der Waals surface area contributed by atoms with E-state index >= 15 is 4.79 Å². The van der Waals surface area contributed by atoms with E-state index in [0.29, 0.717) is 28.8 Å². The van der Waals surface area contributed by atoms with Crippen molar-refractivity contribution in [2.45, 2.75) is 233 Å². The SMILES string of the molecule is CSCC[C@H](NC(=O)[C@@H](NC(=O)[C@H](CO)NC(=O)[C@@H](N)CCCNC(=N)N)C(C)C)C(=O)N[C@@H](CC(C)C)C(=O)N[C@@H](CO)C(=O)N[C@@H](Cc1ccc(O)cc1)C(=O)N[C@@H](CCCNC(=N)N)C(=O)N[C@@H](CS)C(=O)N1CCC[C@H]1C(=O)N[C@@H](CS)C(=O)N[C@@H](CCCNC(=N)N)C(=O)N[C@@H](Cc1ccccc1)C(=O)N[C@@H](Cc1ccccc1)C(=O)N[C@@H](CCC(=O)O)C(=O)N[C@@H](CO)C(=O)N[C@@H](Cc1cnc[nH]1)C(N)=O. The highest BCUT2D eigenvalue weighted by Crippen LogP contribution is 2.22. The molecule has 5 rings (SSSR count). The molecule has 1 fully saturated rings. The van der Waals surface area contributed by atoms with Crippen LogP contribution in [0.25, 0.3) is 0 Å². The summed E-state index contributed by atoms with van der Waals surface area (Å²) in [6.45, 7) is 3.52. The largest absolute Gasteiger partial charge is 0.508 e. The number of phenols is 1. The summed E-state index contributed by atoms with van der Waals surface area (Å²) < 4.78 is 0. The van der Waals surface area contributed by atoms with Crippen LogP contribution < -0.4 is 124 Å². The quantitative estimate of drug-likeness (QED) is 0.00845. The average Bonchev–Trinajstić information content (AvgIpc) is 1.68. The summed E-state index contributed by atoms with van der Waals surface area (Å²) in [4.78, 5) is 263. The van der Waals surface area contributed by atoms with Crippen molar-refractivity contribution in [3.63, 3.8) is 0 Å². The van der Waals surface area contributed by atoms with Crippen molar-refractivity contribution in [3.05, 3.63) is 120 Å². The van der Waals surface area contributed by atoms with E-state index in [1.807, 2.05) is 0 Å². The number of likely N-dealkylation sites (tertiary alicyclic amines) is 1. The van der Waals surface area contributed by atoms with Gasteiger partial charge in [-0.25, -0.2) is 4.98 Å². The Bertz CT molecular complexity index is 5060. The number of rotatable bonds is 66. The number of H-pyrrole nitrogens is 1. The van der Waals surface area contributed by atoms with Crippen LogP contribution in [0.4, 0.5) is 0 Å². The normalized spacial score (nSPS) is 15.4. The van der Waals surface area contributed by atoms with E-state index in [1.54, 1.807) is 94.6 Å². The van der Waals surface area contributed by atoms with E-state index < -0.39 is 278 Å². The molecule has 0 saturated carbocycles. The molecule has 17 amide bonds. The van der Waals surface area contributed by atoms with Gasteiger partial charge >= 0.3 is 5.97 Å². The van der Waals surface area contributed by atoms with Crippen LogP contribution >= 0.6 is 37.0 Å². The van der Waals surface area contributed by atoms with Crippen molar-refractivity contribution in [2.75, 3.05) is 69.5 Å². The number of nitrogens with two attached hydrogens (primary N) is 5. The van der Waals surface area contributed by atoms with Crippen LogP contribution in [0, 0.1) is 28.1 Å². The van der Waals surface area contributed by atoms with E-state index in [1.165, 1.54) is 48.6 Å². The fourth-order valence-corrected chi connectivity index (χ4v) is 16.1. The number of primary amides is 1. The number of aliphatic hydroxyl groups is 3. The molecule has 3 aromatic carbocycles. The van der Waals surface area contributed by atoms with E-state index in [2.05, 4.69) is 131 Å². The first-order valence-corrected chi connectivity index (χ1v) is 50.2. The Morgan fingerprint density at radius 3 is 1.22 bits per heavy atom. The van der Waals surface area contributed by atoms with Gasteiger partial charge in [-0.1, -0.05) is 100 Å². The van der Waals surface area contributed by atoms with Gasteiger partial charge in [-0.15, -0.1) is 0 Å². The third-order valence-corrected chi connectivity index (χ3v) is 24.4.